The first-order chi connectivity index (χ1) is 11.5. The predicted octanol–water partition coefficient (Wildman–Crippen LogP) is 5.92. The Morgan fingerprint density at radius 2 is 1.92 bits per heavy atom. The van der Waals surface area contributed by atoms with Crippen LogP contribution in [0.25, 0.3) is 0 Å². The van der Waals surface area contributed by atoms with Gasteiger partial charge in [0.25, 0.3) is 0 Å². The number of halogens is 4. The van der Waals surface area contributed by atoms with E-state index in [1.807, 2.05) is 31.2 Å². The van der Waals surface area contributed by atoms with Gasteiger partial charge in [-0.1, -0.05) is 29.3 Å². The highest BCUT2D eigenvalue weighted by atomic mass is 79.9. The normalized spacial score (nSPS) is 10.3. The summed E-state index contributed by atoms with van der Waals surface area (Å²) in [5.41, 5.74) is 2.20. The topological polar surface area (TPSA) is 30.5 Å². The molecule has 0 saturated carbocycles. The van der Waals surface area contributed by atoms with Crippen LogP contribution in [-0.4, -0.2) is 20.3 Å². The highest BCUT2D eigenvalue weighted by molar-refractivity contribution is 9.10. The van der Waals surface area contributed by atoms with Crippen LogP contribution in [0.4, 0.5) is 0 Å². The van der Waals surface area contributed by atoms with Gasteiger partial charge in [0.15, 0.2) is 11.5 Å². The number of rotatable bonds is 8. The molecule has 0 aliphatic rings. The molecule has 0 aliphatic carbocycles. The summed E-state index contributed by atoms with van der Waals surface area (Å²) in [5, 5.41) is 4.77. The largest absolute Gasteiger partial charge is 0.493 e. The van der Waals surface area contributed by atoms with Crippen LogP contribution in [0, 0.1) is 0 Å². The van der Waals surface area contributed by atoms with Crippen LogP contribution in [-0.2, 0) is 13.0 Å². The molecule has 7 heteroatoms. The van der Waals surface area contributed by atoms with Gasteiger partial charge in [0.05, 0.1) is 18.2 Å². The van der Waals surface area contributed by atoms with Gasteiger partial charge in [-0.25, -0.2) is 0 Å². The molecular formula is C18H21BrCl3NO2. The summed E-state index contributed by atoms with van der Waals surface area (Å²) < 4.78 is 11.9. The maximum atomic E-state index is 6.18. The van der Waals surface area contributed by atoms with Gasteiger partial charge in [-0.05, 0) is 71.2 Å². The zero-order chi connectivity index (χ0) is 17.5. The van der Waals surface area contributed by atoms with Gasteiger partial charge in [-0.2, -0.15) is 0 Å². The molecule has 0 aromatic heterocycles. The molecule has 0 amide bonds. The van der Waals surface area contributed by atoms with Crippen molar-refractivity contribution >= 4 is 51.5 Å². The van der Waals surface area contributed by atoms with Crippen LogP contribution in [0.2, 0.25) is 10.0 Å². The number of methoxy groups -OCH3 is 1. The predicted molar refractivity (Wildman–Crippen MR) is 111 cm³/mol. The van der Waals surface area contributed by atoms with Crippen molar-refractivity contribution < 1.29 is 9.47 Å². The van der Waals surface area contributed by atoms with Crippen molar-refractivity contribution in [3.8, 4) is 11.5 Å². The van der Waals surface area contributed by atoms with Crippen molar-refractivity contribution in [3.05, 3.63) is 56.0 Å². The summed E-state index contributed by atoms with van der Waals surface area (Å²) >= 11 is 15.6. The Bertz CT molecular complexity index is 698. The van der Waals surface area contributed by atoms with Crippen LogP contribution < -0.4 is 14.8 Å². The fourth-order valence-electron chi connectivity index (χ4n) is 2.34. The van der Waals surface area contributed by atoms with Gasteiger partial charge in [0.2, 0.25) is 0 Å². The molecule has 3 nitrogen and oxygen atoms in total. The quantitative estimate of drug-likeness (QED) is 0.487. The lowest BCUT2D eigenvalue weighted by Gasteiger charge is -2.14. The number of nitrogens with one attached hydrogen (secondary N) is 1. The molecule has 25 heavy (non-hydrogen) atoms. The summed E-state index contributed by atoms with van der Waals surface area (Å²) in [7, 11) is 1.64. The van der Waals surface area contributed by atoms with Gasteiger partial charge in [0, 0.05) is 16.6 Å². The molecule has 0 saturated heterocycles. The number of ether oxygens (including phenoxy) is 2. The van der Waals surface area contributed by atoms with Gasteiger partial charge < -0.3 is 14.8 Å². The zero-order valence-electron chi connectivity index (χ0n) is 14.1. The highest BCUT2D eigenvalue weighted by Gasteiger charge is 2.11. The van der Waals surface area contributed by atoms with E-state index in [0.29, 0.717) is 16.7 Å². The van der Waals surface area contributed by atoms with E-state index in [1.54, 1.807) is 13.2 Å². The lowest BCUT2D eigenvalue weighted by Crippen LogP contribution is -2.17. The Morgan fingerprint density at radius 3 is 2.56 bits per heavy atom. The van der Waals surface area contributed by atoms with Crippen LogP contribution in [0.15, 0.2) is 34.8 Å². The van der Waals surface area contributed by atoms with E-state index >= 15 is 0 Å². The molecule has 0 fully saturated rings. The van der Waals surface area contributed by atoms with Crippen LogP contribution in [0.1, 0.15) is 18.1 Å². The Hall–Kier alpha value is -0.650. The first kappa shape index (κ1) is 22.4. The molecule has 2 aromatic rings. The van der Waals surface area contributed by atoms with Crippen LogP contribution in [0.5, 0.6) is 11.5 Å². The third kappa shape index (κ3) is 6.54. The van der Waals surface area contributed by atoms with Crippen LogP contribution in [0.3, 0.4) is 0 Å². The van der Waals surface area contributed by atoms with Gasteiger partial charge in [0.1, 0.15) is 0 Å². The maximum Gasteiger partial charge on any atom is 0.175 e. The minimum atomic E-state index is 0. The Morgan fingerprint density at radius 1 is 1.16 bits per heavy atom. The Kier molecular flexibility index (Phi) is 9.98. The van der Waals surface area contributed by atoms with Crippen molar-refractivity contribution in [2.45, 2.75) is 19.9 Å². The highest BCUT2D eigenvalue weighted by Crippen LogP contribution is 2.36. The number of hydrogen-bond acceptors (Lipinski definition) is 3. The summed E-state index contributed by atoms with van der Waals surface area (Å²) in [5.74, 6) is 1.46. The summed E-state index contributed by atoms with van der Waals surface area (Å²) in [6.07, 6.45) is 0.839. The fraction of sp³-hybridized carbons (Fsp3) is 0.333. The van der Waals surface area contributed by atoms with Crippen molar-refractivity contribution in [3.63, 3.8) is 0 Å². The van der Waals surface area contributed by atoms with E-state index in [1.165, 1.54) is 0 Å². The van der Waals surface area contributed by atoms with Crippen molar-refractivity contribution in [1.82, 2.24) is 5.32 Å². The molecule has 0 heterocycles. The molecule has 0 bridgehead atoms. The molecular weight excluding hydrogens is 448 g/mol. The van der Waals surface area contributed by atoms with Crippen molar-refractivity contribution in [2.24, 2.45) is 0 Å². The summed E-state index contributed by atoms with van der Waals surface area (Å²) in [4.78, 5) is 0. The van der Waals surface area contributed by atoms with Crippen LogP contribution >= 0.6 is 51.5 Å². The molecule has 0 aliphatic heterocycles. The monoisotopic (exact) mass is 467 g/mol. The smallest absolute Gasteiger partial charge is 0.175 e. The van der Waals surface area contributed by atoms with Gasteiger partial charge in [-0.15, -0.1) is 12.4 Å². The van der Waals surface area contributed by atoms with Gasteiger partial charge >= 0.3 is 0 Å². The number of hydrogen-bond donors (Lipinski definition) is 1. The SMILES string of the molecule is CCOc1c(Br)cc(CNCCc2ccc(Cl)cc2Cl)cc1OC.Cl. The molecule has 138 valence electrons. The summed E-state index contributed by atoms with van der Waals surface area (Å²) in [6.45, 7) is 4.08. The molecule has 0 atom stereocenters. The molecule has 2 rings (SSSR count). The maximum absolute atomic E-state index is 6.18. The minimum Gasteiger partial charge on any atom is -0.493 e. The molecule has 2 aromatic carbocycles. The van der Waals surface area contributed by atoms with Crippen molar-refractivity contribution in [1.29, 1.82) is 0 Å². The standard InChI is InChI=1S/C18H20BrCl2NO2.ClH/c1-3-24-18-15(19)8-12(9-17(18)23-2)11-22-7-6-13-4-5-14(20)10-16(13)21;/h4-5,8-10,22H,3,6-7,11H2,1-2H3;1H. The van der Waals surface area contributed by atoms with Crippen molar-refractivity contribution in [2.75, 3.05) is 20.3 Å². The molecule has 0 radical (unpaired) electrons. The zero-order valence-corrected chi connectivity index (χ0v) is 18.0. The lowest BCUT2D eigenvalue weighted by molar-refractivity contribution is 0.308. The molecule has 1 N–H and O–H groups in total. The fourth-order valence-corrected chi connectivity index (χ4v) is 3.45. The van der Waals surface area contributed by atoms with E-state index in [2.05, 4.69) is 21.2 Å². The van der Waals surface area contributed by atoms with E-state index in [-0.39, 0.29) is 12.4 Å². The Balaban J connectivity index is 0.00000312. The average molecular weight is 470 g/mol. The van der Waals surface area contributed by atoms with E-state index in [0.717, 1.165) is 46.6 Å². The second kappa shape index (κ2) is 11.1. The second-order valence-corrected chi connectivity index (χ2v) is 6.90. The van der Waals surface area contributed by atoms with E-state index < -0.39 is 0 Å². The third-order valence-corrected chi connectivity index (χ3v) is 4.67. The average Bonchev–Trinajstić information content (AvgIpc) is 2.55. The molecule has 0 spiro atoms. The lowest BCUT2D eigenvalue weighted by atomic mass is 10.1. The van der Waals surface area contributed by atoms with E-state index in [9.17, 15) is 0 Å². The first-order valence-corrected chi connectivity index (χ1v) is 9.24. The minimum absolute atomic E-state index is 0. The third-order valence-electron chi connectivity index (χ3n) is 3.49. The second-order valence-electron chi connectivity index (χ2n) is 5.20. The Labute approximate surface area is 173 Å². The first-order valence-electron chi connectivity index (χ1n) is 7.69. The molecule has 0 unspecified atom stereocenters. The summed E-state index contributed by atoms with van der Waals surface area (Å²) in [6, 6.07) is 9.61. The number of benzene rings is 2. The van der Waals surface area contributed by atoms with Gasteiger partial charge in [-0.3, -0.25) is 0 Å². The van der Waals surface area contributed by atoms with E-state index in [4.69, 9.17) is 32.7 Å².